The highest BCUT2D eigenvalue weighted by Crippen LogP contribution is 2.27. The van der Waals surface area contributed by atoms with Crippen molar-refractivity contribution in [2.24, 2.45) is 5.41 Å². The lowest BCUT2D eigenvalue weighted by Crippen LogP contribution is -2.33. The van der Waals surface area contributed by atoms with Gasteiger partial charge in [0.15, 0.2) is 11.6 Å². The third-order valence-electron chi connectivity index (χ3n) is 3.28. The molecule has 0 unspecified atom stereocenters. The molecule has 2 aromatic carbocycles. The van der Waals surface area contributed by atoms with E-state index in [0.29, 0.717) is 16.1 Å². The molecule has 0 spiro atoms. The summed E-state index contributed by atoms with van der Waals surface area (Å²) >= 11 is 5.81. The first-order chi connectivity index (χ1) is 9.43. The van der Waals surface area contributed by atoms with Gasteiger partial charge in [0.25, 0.3) is 0 Å². The van der Waals surface area contributed by atoms with Gasteiger partial charge >= 0.3 is 0 Å². The molecule has 0 fully saturated rings. The van der Waals surface area contributed by atoms with Crippen LogP contribution in [0.15, 0.2) is 54.6 Å². The minimum Gasteiger partial charge on any atom is -0.293 e. The Balaban J connectivity index is 2.32. The number of benzene rings is 2. The molecule has 0 N–H and O–H groups in total. The van der Waals surface area contributed by atoms with Crippen molar-refractivity contribution < 1.29 is 9.59 Å². The van der Waals surface area contributed by atoms with Gasteiger partial charge in [0, 0.05) is 16.1 Å². The Morgan fingerprint density at radius 3 is 1.75 bits per heavy atom. The molecule has 3 heteroatoms. The monoisotopic (exact) mass is 286 g/mol. The van der Waals surface area contributed by atoms with Crippen LogP contribution in [0, 0.1) is 5.41 Å². The highest BCUT2D eigenvalue weighted by molar-refractivity contribution is 6.30. The van der Waals surface area contributed by atoms with Gasteiger partial charge in [-0.15, -0.1) is 0 Å². The molecule has 0 saturated heterocycles. The molecule has 0 saturated carbocycles. The molecule has 0 bridgehead atoms. The summed E-state index contributed by atoms with van der Waals surface area (Å²) in [7, 11) is 0. The quantitative estimate of drug-likeness (QED) is 0.615. The molecule has 2 aromatic rings. The molecular formula is C17H15ClO2. The smallest absolute Gasteiger partial charge is 0.176 e. The summed E-state index contributed by atoms with van der Waals surface area (Å²) in [4.78, 5) is 25.0. The fourth-order valence-corrected chi connectivity index (χ4v) is 2.14. The molecule has 20 heavy (non-hydrogen) atoms. The first-order valence-electron chi connectivity index (χ1n) is 6.33. The topological polar surface area (TPSA) is 34.1 Å². The van der Waals surface area contributed by atoms with Gasteiger partial charge in [-0.05, 0) is 38.1 Å². The van der Waals surface area contributed by atoms with Crippen LogP contribution in [0.25, 0.3) is 0 Å². The average Bonchev–Trinajstić information content (AvgIpc) is 2.47. The van der Waals surface area contributed by atoms with Crippen LogP contribution in [-0.2, 0) is 0 Å². The number of halogens is 1. The van der Waals surface area contributed by atoms with E-state index >= 15 is 0 Å². The van der Waals surface area contributed by atoms with Crippen molar-refractivity contribution >= 4 is 23.2 Å². The van der Waals surface area contributed by atoms with E-state index in [9.17, 15) is 9.59 Å². The maximum Gasteiger partial charge on any atom is 0.176 e. The van der Waals surface area contributed by atoms with Crippen molar-refractivity contribution in [1.29, 1.82) is 0 Å². The fraction of sp³-hybridized carbons (Fsp3) is 0.176. The summed E-state index contributed by atoms with van der Waals surface area (Å²) in [6.45, 7) is 3.30. The van der Waals surface area contributed by atoms with E-state index in [1.165, 1.54) is 0 Å². The van der Waals surface area contributed by atoms with Crippen molar-refractivity contribution in [1.82, 2.24) is 0 Å². The zero-order valence-electron chi connectivity index (χ0n) is 11.4. The van der Waals surface area contributed by atoms with Gasteiger partial charge in [-0.3, -0.25) is 9.59 Å². The Hall–Kier alpha value is -1.93. The normalized spacial score (nSPS) is 11.2. The first-order valence-corrected chi connectivity index (χ1v) is 6.71. The zero-order valence-corrected chi connectivity index (χ0v) is 12.1. The van der Waals surface area contributed by atoms with Crippen LogP contribution < -0.4 is 0 Å². The van der Waals surface area contributed by atoms with Gasteiger partial charge in [0.2, 0.25) is 0 Å². The summed E-state index contributed by atoms with van der Waals surface area (Å²) in [5.74, 6) is -0.388. The summed E-state index contributed by atoms with van der Waals surface area (Å²) in [6, 6.07) is 15.4. The molecule has 0 heterocycles. The van der Waals surface area contributed by atoms with Crippen LogP contribution in [0.1, 0.15) is 34.6 Å². The number of carbonyl (C=O) groups is 2. The molecule has 0 aromatic heterocycles. The molecule has 0 aliphatic heterocycles. The largest absolute Gasteiger partial charge is 0.293 e. The van der Waals surface area contributed by atoms with Gasteiger partial charge in [0.05, 0.1) is 5.41 Å². The number of carbonyl (C=O) groups excluding carboxylic acids is 2. The van der Waals surface area contributed by atoms with Crippen molar-refractivity contribution in [3.63, 3.8) is 0 Å². The Labute approximate surface area is 123 Å². The maximum absolute atomic E-state index is 12.5. The minimum absolute atomic E-state index is 0.182. The predicted octanol–water partition coefficient (Wildman–Crippen LogP) is 4.43. The molecule has 2 rings (SSSR count). The Morgan fingerprint density at radius 2 is 1.25 bits per heavy atom. The number of hydrogen-bond donors (Lipinski definition) is 0. The molecule has 0 atom stereocenters. The van der Waals surface area contributed by atoms with Gasteiger partial charge in [-0.25, -0.2) is 0 Å². The van der Waals surface area contributed by atoms with Gasteiger partial charge < -0.3 is 0 Å². The first kappa shape index (κ1) is 14.5. The summed E-state index contributed by atoms with van der Waals surface area (Å²) in [6.07, 6.45) is 0. The Morgan fingerprint density at radius 1 is 0.800 bits per heavy atom. The van der Waals surface area contributed by atoms with E-state index in [0.717, 1.165) is 0 Å². The minimum atomic E-state index is -1.10. The van der Waals surface area contributed by atoms with E-state index in [1.807, 2.05) is 6.07 Å². The van der Waals surface area contributed by atoms with Gasteiger partial charge in [-0.1, -0.05) is 41.9 Å². The molecule has 0 radical (unpaired) electrons. The molecular weight excluding hydrogens is 272 g/mol. The molecule has 2 nitrogen and oxygen atoms in total. The second-order valence-electron chi connectivity index (χ2n) is 5.16. The Kier molecular flexibility index (Phi) is 4.05. The molecule has 0 amide bonds. The van der Waals surface area contributed by atoms with E-state index in [-0.39, 0.29) is 11.6 Å². The van der Waals surface area contributed by atoms with Crippen molar-refractivity contribution in [3.8, 4) is 0 Å². The molecule has 0 aliphatic carbocycles. The van der Waals surface area contributed by atoms with Crippen LogP contribution in [0.4, 0.5) is 0 Å². The summed E-state index contributed by atoms with van der Waals surface area (Å²) in [5, 5.41) is 0.564. The predicted molar refractivity (Wildman–Crippen MR) is 80.3 cm³/mol. The zero-order chi connectivity index (χ0) is 14.8. The van der Waals surface area contributed by atoms with Crippen molar-refractivity contribution in [3.05, 3.63) is 70.7 Å². The maximum atomic E-state index is 12.5. The van der Waals surface area contributed by atoms with Gasteiger partial charge in [-0.2, -0.15) is 0 Å². The van der Waals surface area contributed by atoms with Crippen LogP contribution >= 0.6 is 11.6 Å². The number of hydrogen-bond acceptors (Lipinski definition) is 2. The summed E-state index contributed by atoms with van der Waals surface area (Å²) < 4.78 is 0. The van der Waals surface area contributed by atoms with Crippen molar-refractivity contribution in [2.75, 3.05) is 0 Å². The highest BCUT2D eigenvalue weighted by atomic mass is 35.5. The second kappa shape index (κ2) is 5.59. The fourth-order valence-electron chi connectivity index (χ4n) is 2.02. The standard InChI is InChI=1S/C17H15ClO2/c1-17(2,15(19)12-6-4-3-5-7-12)16(20)13-8-10-14(18)11-9-13/h3-11H,1-2H3. The highest BCUT2D eigenvalue weighted by Gasteiger charge is 2.36. The lowest BCUT2D eigenvalue weighted by Gasteiger charge is -2.21. The van der Waals surface area contributed by atoms with Crippen LogP contribution in [0.5, 0.6) is 0 Å². The van der Waals surface area contributed by atoms with Crippen LogP contribution in [0.3, 0.4) is 0 Å². The van der Waals surface area contributed by atoms with Crippen LogP contribution in [0.2, 0.25) is 5.02 Å². The molecule has 102 valence electrons. The Bertz CT molecular complexity index is 628. The van der Waals surface area contributed by atoms with E-state index in [2.05, 4.69) is 0 Å². The van der Waals surface area contributed by atoms with Crippen molar-refractivity contribution in [2.45, 2.75) is 13.8 Å². The van der Waals surface area contributed by atoms with Gasteiger partial charge in [0.1, 0.15) is 0 Å². The second-order valence-corrected chi connectivity index (χ2v) is 5.59. The van der Waals surface area contributed by atoms with E-state index < -0.39 is 5.41 Å². The van der Waals surface area contributed by atoms with E-state index in [1.54, 1.807) is 62.4 Å². The number of Topliss-reactive ketones (excluding diaryl/α,β-unsaturated/α-hetero) is 2. The third kappa shape index (κ3) is 2.81. The van der Waals surface area contributed by atoms with Crippen LogP contribution in [-0.4, -0.2) is 11.6 Å². The number of rotatable bonds is 4. The number of ketones is 2. The van der Waals surface area contributed by atoms with E-state index in [4.69, 9.17) is 11.6 Å². The lowest BCUT2D eigenvalue weighted by atomic mass is 9.78. The SMILES string of the molecule is CC(C)(C(=O)c1ccccc1)C(=O)c1ccc(Cl)cc1. The summed E-state index contributed by atoms with van der Waals surface area (Å²) in [5.41, 5.74) is -0.0710. The average molecular weight is 287 g/mol. The third-order valence-corrected chi connectivity index (χ3v) is 3.53. The lowest BCUT2D eigenvalue weighted by molar-refractivity contribution is 0.0711. The molecule has 0 aliphatic rings.